The van der Waals surface area contributed by atoms with Crippen molar-refractivity contribution in [2.24, 2.45) is 11.7 Å². The van der Waals surface area contributed by atoms with E-state index in [0.29, 0.717) is 12.0 Å². The van der Waals surface area contributed by atoms with E-state index >= 15 is 0 Å². The fraction of sp³-hybridized carbons (Fsp3) is 0.778. The van der Waals surface area contributed by atoms with Crippen molar-refractivity contribution < 1.29 is 0 Å². The Labute approximate surface area is 100 Å². The smallest absolute Gasteiger partial charge is 0.0895 e. The van der Waals surface area contributed by atoms with E-state index in [0.717, 1.165) is 31.7 Å². The first-order valence-electron chi connectivity index (χ1n) is 4.99. The largest absolute Gasteiger partial charge is 0.327 e. The average Bonchev–Trinajstić information content (AvgIpc) is 2.64. The highest BCUT2D eigenvalue weighted by molar-refractivity contribution is 7.03. The molecule has 1 fully saturated rings. The predicted molar refractivity (Wildman–Crippen MR) is 64.2 cm³/mol. The van der Waals surface area contributed by atoms with Gasteiger partial charge in [-0.05, 0) is 23.9 Å². The summed E-state index contributed by atoms with van der Waals surface area (Å²) in [6, 6.07) is 0.375. The zero-order chi connectivity index (χ0) is 9.97. The molecule has 0 amide bonds. The minimum Gasteiger partial charge on any atom is -0.327 e. The van der Waals surface area contributed by atoms with Gasteiger partial charge in [-0.1, -0.05) is 11.4 Å². The molecule has 0 saturated carbocycles. The van der Waals surface area contributed by atoms with E-state index in [-0.39, 0.29) is 12.4 Å². The molecule has 1 saturated heterocycles. The maximum Gasteiger partial charge on any atom is 0.0895 e. The SMILES string of the molecule is CC1CN(Cc2csnn2)CCC1N.Cl. The van der Waals surface area contributed by atoms with Crippen LogP contribution in [-0.2, 0) is 6.54 Å². The minimum atomic E-state index is 0. The van der Waals surface area contributed by atoms with Crippen LogP contribution in [0.25, 0.3) is 0 Å². The zero-order valence-corrected chi connectivity index (χ0v) is 10.4. The summed E-state index contributed by atoms with van der Waals surface area (Å²) >= 11 is 1.42. The summed E-state index contributed by atoms with van der Waals surface area (Å²) in [5, 5.41) is 6.06. The Bertz CT molecular complexity index is 280. The Hall–Kier alpha value is -0.230. The van der Waals surface area contributed by atoms with E-state index in [4.69, 9.17) is 5.73 Å². The van der Waals surface area contributed by atoms with Gasteiger partial charge in [0.15, 0.2) is 0 Å². The number of rotatable bonds is 2. The molecule has 0 aromatic carbocycles. The normalized spacial score (nSPS) is 27.3. The second kappa shape index (κ2) is 5.75. The first-order chi connectivity index (χ1) is 6.75. The molecule has 0 spiro atoms. The second-order valence-corrected chi connectivity index (χ2v) is 4.67. The van der Waals surface area contributed by atoms with Crippen LogP contribution in [0.2, 0.25) is 0 Å². The topological polar surface area (TPSA) is 55.0 Å². The summed E-state index contributed by atoms with van der Waals surface area (Å²) in [5.41, 5.74) is 7.04. The van der Waals surface area contributed by atoms with Crippen LogP contribution in [0.3, 0.4) is 0 Å². The van der Waals surface area contributed by atoms with Crippen LogP contribution < -0.4 is 5.73 Å². The molecule has 1 aromatic rings. The fourth-order valence-corrected chi connectivity index (χ4v) is 2.32. The quantitative estimate of drug-likeness (QED) is 0.853. The van der Waals surface area contributed by atoms with Gasteiger partial charge in [-0.2, -0.15) is 0 Å². The molecule has 0 bridgehead atoms. The number of nitrogens with two attached hydrogens (primary N) is 1. The van der Waals surface area contributed by atoms with E-state index in [1.807, 2.05) is 5.38 Å². The lowest BCUT2D eigenvalue weighted by Gasteiger charge is -2.34. The van der Waals surface area contributed by atoms with Crippen LogP contribution in [0, 0.1) is 5.92 Å². The lowest BCUT2D eigenvalue weighted by molar-refractivity contribution is 0.156. The molecule has 2 heterocycles. The van der Waals surface area contributed by atoms with Crippen LogP contribution in [0.4, 0.5) is 0 Å². The van der Waals surface area contributed by atoms with Gasteiger partial charge >= 0.3 is 0 Å². The van der Waals surface area contributed by atoms with Gasteiger partial charge < -0.3 is 5.73 Å². The van der Waals surface area contributed by atoms with Crippen molar-refractivity contribution in [1.29, 1.82) is 0 Å². The molecule has 1 aliphatic heterocycles. The molecule has 86 valence electrons. The number of hydrogen-bond donors (Lipinski definition) is 1. The van der Waals surface area contributed by atoms with Crippen LogP contribution in [0.15, 0.2) is 5.38 Å². The van der Waals surface area contributed by atoms with Crippen LogP contribution in [0.5, 0.6) is 0 Å². The van der Waals surface area contributed by atoms with Crippen molar-refractivity contribution in [3.05, 3.63) is 11.1 Å². The van der Waals surface area contributed by atoms with Gasteiger partial charge in [-0.25, -0.2) is 0 Å². The monoisotopic (exact) mass is 248 g/mol. The molecule has 15 heavy (non-hydrogen) atoms. The zero-order valence-electron chi connectivity index (χ0n) is 8.80. The lowest BCUT2D eigenvalue weighted by atomic mass is 9.95. The molecule has 0 aliphatic carbocycles. The van der Waals surface area contributed by atoms with Crippen molar-refractivity contribution in [3.8, 4) is 0 Å². The number of halogens is 1. The first kappa shape index (κ1) is 12.8. The van der Waals surface area contributed by atoms with Crippen molar-refractivity contribution in [2.45, 2.75) is 25.9 Å². The molecule has 1 aliphatic rings. The predicted octanol–water partition coefficient (Wildman–Crippen LogP) is 1.13. The maximum atomic E-state index is 5.96. The minimum absolute atomic E-state index is 0. The molecular weight excluding hydrogens is 232 g/mol. The molecule has 2 rings (SSSR count). The first-order valence-corrected chi connectivity index (χ1v) is 5.83. The lowest BCUT2D eigenvalue weighted by Crippen LogP contribution is -2.45. The second-order valence-electron chi connectivity index (χ2n) is 4.06. The molecule has 6 heteroatoms. The van der Waals surface area contributed by atoms with Crippen molar-refractivity contribution in [2.75, 3.05) is 13.1 Å². The summed E-state index contributed by atoms with van der Waals surface area (Å²) < 4.78 is 3.86. The fourth-order valence-electron chi connectivity index (χ4n) is 1.88. The highest BCUT2D eigenvalue weighted by atomic mass is 35.5. The Kier molecular flexibility index (Phi) is 4.92. The van der Waals surface area contributed by atoms with Gasteiger partial charge in [0.1, 0.15) is 0 Å². The van der Waals surface area contributed by atoms with E-state index in [1.165, 1.54) is 11.5 Å². The molecule has 1 aromatic heterocycles. The highest BCUT2D eigenvalue weighted by Gasteiger charge is 2.23. The van der Waals surface area contributed by atoms with Crippen LogP contribution in [0.1, 0.15) is 19.0 Å². The third kappa shape index (κ3) is 3.38. The molecular formula is C9H17ClN4S. The van der Waals surface area contributed by atoms with E-state index in [1.54, 1.807) is 0 Å². The van der Waals surface area contributed by atoms with E-state index in [2.05, 4.69) is 21.4 Å². The number of piperidine rings is 1. The number of aromatic nitrogens is 2. The summed E-state index contributed by atoms with van der Waals surface area (Å²) in [6.07, 6.45) is 1.10. The van der Waals surface area contributed by atoms with Gasteiger partial charge in [0, 0.05) is 31.1 Å². The Balaban J connectivity index is 0.00000112. The van der Waals surface area contributed by atoms with Crippen molar-refractivity contribution in [1.82, 2.24) is 14.5 Å². The highest BCUT2D eigenvalue weighted by Crippen LogP contribution is 2.16. The number of nitrogens with zero attached hydrogens (tertiary/aromatic N) is 3. The van der Waals surface area contributed by atoms with Gasteiger partial charge in [0.25, 0.3) is 0 Å². The van der Waals surface area contributed by atoms with E-state index < -0.39 is 0 Å². The number of hydrogen-bond acceptors (Lipinski definition) is 5. The van der Waals surface area contributed by atoms with Crippen molar-refractivity contribution >= 4 is 23.9 Å². The van der Waals surface area contributed by atoms with Crippen LogP contribution >= 0.6 is 23.9 Å². The Morgan fingerprint density at radius 2 is 2.47 bits per heavy atom. The molecule has 0 radical (unpaired) electrons. The standard InChI is InChI=1S/C9H16N4S.ClH/c1-7-4-13(3-2-9(7)10)5-8-6-14-12-11-8;/h6-7,9H,2-5,10H2,1H3;1H. The Morgan fingerprint density at radius 1 is 1.67 bits per heavy atom. The maximum absolute atomic E-state index is 5.96. The average molecular weight is 249 g/mol. The van der Waals surface area contributed by atoms with Gasteiger partial charge in [0.2, 0.25) is 0 Å². The summed E-state index contributed by atoms with van der Waals surface area (Å²) in [4.78, 5) is 2.41. The molecule has 2 N–H and O–H groups in total. The molecule has 2 atom stereocenters. The third-order valence-corrected chi connectivity index (χ3v) is 3.40. The number of likely N-dealkylation sites (tertiary alicyclic amines) is 1. The molecule has 2 unspecified atom stereocenters. The third-order valence-electron chi connectivity index (χ3n) is 2.85. The molecule has 4 nitrogen and oxygen atoms in total. The van der Waals surface area contributed by atoms with Crippen LogP contribution in [-0.4, -0.2) is 33.6 Å². The summed E-state index contributed by atoms with van der Waals surface area (Å²) in [5.74, 6) is 0.593. The van der Waals surface area contributed by atoms with Crippen molar-refractivity contribution in [3.63, 3.8) is 0 Å². The van der Waals surface area contributed by atoms with E-state index in [9.17, 15) is 0 Å². The van der Waals surface area contributed by atoms with Gasteiger partial charge in [-0.15, -0.1) is 17.5 Å². The summed E-state index contributed by atoms with van der Waals surface area (Å²) in [7, 11) is 0. The summed E-state index contributed by atoms with van der Waals surface area (Å²) in [6.45, 7) is 5.31. The Morgan fingerprint density at radius 3 is 3.07 bits per heavy atom. The van der Waals surface area contributed by atoms with Gasteiger partial charge in [0.05, 0.1) is 5.69 Å². The van der Waals surface area contributed by atoms with Gasteiger partial charge in [-0.3, -0.25) is 4.90 Å².